The van der Waals surface area contributed by atoms with Crippen molar-refractivity contribution in [3.05, 3.63) is 53.2 Å². The summed E-state index contributed by atoms with van der Waals surface area (Å²) >= 11 is 1.59. The summed E-state index contributed by atoms with van der Waals surface area (Å²) in [6, 6.07) is 13.0. The van der Waals surface area contributed by atoms with Crippen LogP contribution in [-0.2, 0) is 4.79 Å². The van der Waals surface area contributed by atoms with E-state index in [1.807, 2.05) is 59.0 Å². The number of hydrogen-bond acceptors (Lipinski definition) is 7. The third-order valence-electron chi connectivity index (χ3n) is 4.45. The number of ether oxygens (including phenoxy) is 1. The van der Waals surface area contributed by atoms with Crippen molar-refractivity contribution in [1.29, 1.82) is 0 Å². The highest BCUT2D eigenvalue weighted by Crippen LogP contribution is 2.24. The van der Waals surface area contributed by atoms with Crippen LogP contribution in [0.4, 0.5) is 11.5 Å². The van der Waals surface area contributed by atoms with Gasteiger partial charge in [0.25, 0.3) is 0 Å². The molecule has 1 aromatic carbocycles. The Morgan fingerprint density at radius 2 is 2.07 bits per heavy atom. The first-order valence-corrected chi connectivity index (χ1v) is 10.1. The van der Waals surface area contributed by atoms with Gasteiger partial charge in [-0.2, -0.15) is 15.9 Å². The van der Waals surface area contributed by atoms with Gasteiger partial charge in [0.1, 0.15) is 11.6 Å². The number of nitrogens with one attached hydrogen (secondary N) is 1. The minimum Gasteiger partial charge on any atom is -0.495 e. The number of para-hydroxylation sites is 2. The number of nitrogens with zero attached hydrogens (tertiary/aromatic N) is 5. The second kappa shape index (κ2) is 8.27. The Balaban J connectivity index is 1.56. The maximum atomic E-state index is 12.6. The van der Waals surface area contributed by atoms with Crippen molar-refractivity contribution in [2.75, 3.05) is 30.4 Å². The van der Waals surface area contributed by atoms with Crippen molar-refractivity contribution in [1.82, 2.24) is 19.8 Å². The Kier molecular flexibility index (Phi) is 5.39. The van der Waals surface area contributed by atoms with Crippen LogP contribution in [0.3, 0.4) is 0 Å². The zero-order chi connectivity index (χ0) is 20.2. The third-order valence-corrected chi connectivity index (χ3v) is 5.13. The Labute approximate surface area is 171 Å². The van der Waals surface area contributed by atoms with Crippen molar-refractivity contribution in [2.45, 2.75) is 6.92 Å². The average Bonchev–Trinajstić information content (AvgIpc) is 3.41. The van der Waals surface area contributed by atoms with Gasteiger partial charge in [0.15, 0.2) is 11.5 Å². The SMILES string of the molecule is CCN(CC(=O)Nc1ccccc1OC)c1ccc2nnc(-c3ccsc3)n2n1. The molecule has 148 valence electrons. The van der Waals surface area contributed by atoms with E-state index in [4.69, 9.17) is 4.74 Å². The molecule has 4 rings (SSSR count). The van der Waals surface area contributed by atoms with Gasteiger partial charge in [-0.15, -0.1) is 15.3 Å². The zero-order valence-electron chi connectivity index (χ0n) is 16.1. The van der Waals surface area contributed by atoms with Gasteiger partial charge in [-0.25, -0.2) is 0 Å². The lowest BCUT2D eigenvalue weighted by atomic mass is 10.3. The molecule has 1 N–H and O–H groups in total. The number of thiophene rings is 1. The molecule has 9 heteroatoms. The average molecular weight is 408 g/mol. The topological polar surface area (TPSA) is 84.7 Å². The minimum absolute atomic E-state index is 0.153. The van der Waals surface area contributed by atoms with E-state index in [1.165, 1.54) is 0 Å². The van der Waals surface area contributed by atoms with E-state index in [-0.39, 0.29) is 12.5 Å². The molecule has 0 saturated carbocycles. The van der Waals surface area contributed by atoms with Crippen molar-refractivity contribution < 1.29 is 9.53 Å². The highest BCUT2D eigenvalue weighted by molar-refractivity contribution is 7.08. The van der Waals surface area contributed by atoms with E-state index < -0.39 is 0 Å². The van der Waals surface area contributed by atoms with Crippen molar-refractivity contribution >= 4 is 34.4 Å². The number of anilines is 2. The van der Waals surface area contributed by atoms with E-state index in [0.29, 0.717) is 35.3 Å². The van der Waals surface area contributed by atoms with Gasteiger partial charge in [0, 0.05) is 17.5 Å². The van der Waals surface area contributed by atoms with Gasteiger partial charge in [0.2, 0.25) is 5.91 Å². The van der Waals surface area contributed by atoms with Crippen LogP contribution in [-0.4, -0.2) is 45.9 Å². The number of amides is 1. The molecule has 0 radical (unpaired) electrons. The van der Waals surface area contributed by atoms with Crippen LogP contribution in [0, 0.1) is 0 Å². The summed E-state index contributed by atoms with van der Waals surface area (Å²) in [5.41, 5.74) is 2.26. The summed E-state index contributed by atoms with van der Waals surface area (Å²) in [5, 5.41) is 20.0. The molecule has 0 saturated heterocycles. The molecule has 3 aromatic heterocycles. The van der Waals surface area contributed by atoms with Crippen LogP contribution in [0.2, 0.25) is 0 Å². The predicted molar refractivity (Wildman–Crippen MR) is 114 cm³/mol. The lowest BCUT2D eigenvalue weighted by Crippen LogP contribution is -2.34. The summed E-state index contributed by atoms with van der Waals surface area (Å²) in [4.78, 5) is 14.5. The number of methoxy groups -OCH3 is 1. The fraction of sp³-hybridized carbons (Fsp3) is 0.200. The number of fused-ring (bicyclic) bond motifs is 1. The molecule has 0 atom stereocenters. The molecule has 0 aliphatic rings. The van der Waals surface area contributed by atoms with E-state index in [1.54, 1.807) is 29.0 Å². The van der Waals surface area contributed by atoms with E-state index in [2.05, 4.69) is 20.6 Å². The van der Waals surface area contributed by atoms with Gasteiger partial charge >= 0.3 is 0 Å². The molecule has 8 nitrogen and oxygen atoms in total. The summed E-state index contributed by atoms with van der Waals surface area (Å²) in [7, 11) is 1.58. The number of aromatic nitrogens is 4. The smallest absolute Gasteiger partial charge is 0.244 e. The van der Waals surface area contributed by atoms with Gasteiger partial charge in [-0.05, 0) is 42.6 Å². The first-order chi connectivity index (χ1) is 14.2. The number of rotatable bonds is 7. The molecular formula is C20H20N6O2S. The third kappa shape index (κ3) is 3.90. The molecule has 0 unspecified atom stereocenters. The van der Waals surface area contributed by atoms with Crippen LogP contribution in [0.5, 0.6) is 5.75 Å². The van der Waals surface area contributed by atoms with Crippen LogP contribution in [0.15, 0.2) is 53.2 Å². The van der Waals surface area contributed by atoms with Gasteiger partial charge < -0.3 is 15.0 Å². The summed E-state index contributed by atoms with van der Waals surface area (Å²) in [5.74, 6) is 1.82. The van der Waals surface area contributed by atoms with E-state index >= 15 is 0 Å². The predicted octanol–water partition coefficient (Wildman–Crippen LogP) is 3.33. The van der Waals surface area contributed by atoms with Crippen molar-refractivity contribution in [3.63, 3.8) is 0 Å². The first-order valence-electron chi connectivity index (χ1n) is 9.12. The van der Waals surface area contributed by atoms with Crippen LogP contribution in [0.1, 0.15) is 6.92 Å². The van der Waals surface area contributed by atoms with Gasteiger partial charge in [0.05, 0.1) is 19.3 Å². The molecule has 3 heterocycles. The largest absolute Gasteiger partial charge is 0.495 e. The molecule has 0 aliphatic carbocycles. The van der Waals surface area contributed by atoms with Crippen molar-refractivity contribution in [3.8, 4) is 17.1 Å². The fourth-order valence-corrected chi connectivity index (χ4v) is 3.62. The van der Waals surface area contributed by atoms with E-state index in [9.17, 15) is 4.79 Å². The quantitative estimate of drug-likeness (QED) is 0.505. The zero-order valence-corrected chi connectivity index (χ0v) is 16.9. The maximum Gasteiger partial charge on any atom is 0.244 e. The highest BCUT2D eigenvalue weighted by Gasteiger charge is 2.16. The van der Waals surface area contributed by atoms with Gasteiger partial charge in [-0.1, -0.05) is 12.1 Å². The molecule has 0 fully saturated rings. The second-order valence-electron chi connectivity index (χ2n) is 6.26. The van der Waals surface area contributed by atoms with Crippen molar-refractivity contribution in [2.24, 2.45) is 0 Å². The minimum atomic E-state index is -0.153. The lowest BCUT2D eigenvalue weighted by Gasteiger charge is -2.21. The number of likely N-dealkylation sites (N-methyl/N-ethyl adjacent to an activating group) is 1. The fourth-order valence-electron chi connectivity index (χ4n) is 2.99. The molecule has 0 bridgehead atoms. The Morgan fingerprint density at radius 3 is 2.83 bits per heavy atom. The first kappa shape index (κ1) is 18.9. The van der Waals surface area contributed by atoms with E-state index in [0.717, 1.165) is 5.56 Å². The summed E-state index contributed by atoms with van der Waals surface area (Å²) in [6.07, 6.45) is 0. The maximum absolute atomic E-state index is 12.6. The Bertz CT molecular complexity index is 1130. The van der Waals surface area contributed by atoms with Crippen LogP contribution >= 0.6 is 11.3 Å². The number of carbonyl (C=O) groups excluding carboxylic acids is 1. The standard InChI is InChI=1S/C20H20N6O2S/c1-3-25(12-19(27)21-15-6-4-5-7-16(15)28-2)18-9-8-17-22-23-20(26(17)24-18)14-10-11-29-13-14/h4-11,13H,3,12H2,1-2H3,(H,21,27). The van der Waals surface area contributed by atoms with Crippen LogP contribution in [0.25, 0.3) is 17.0 Å². The second-order valence-corrected chi connectivity index (χ2v) is 7.04. The summed E-state index contributed by atoms with van der Waals surface area (Å²) < 4.78 is 7.00. The monoisotopic (exact) mass is 408 g/mol. The number of carbonyl (C=O) groups is 1. The van der Waals surface area contributed by atoms with Gasteiger partial charge in [-0.3, -0.25) is 4.79 Å². The molecule has 4 aromatic rings. The number of benzene rings is 1. The highest BCUT2D eigenvalue weighted by atomic mass is 32.1. The molecule has 0 aliphatic heterocycles. The molecular weight excluding hydrogens is 388 g/mol. The number of hydrogen-bond donors (Lipinski definition) is 1. The lowest BCUT2D eigenvalue weighted by molar-refractivity contribution is -0.115. The summed E-state index contributed by atoms with van der Waals surface area (Å²) in [6.45, 7) is 2.75. The molecule has 0 spiro atoms. The normalized spacial score (nSPS) is 10.8. The molecule has 29 heavy (non-hydrogen) atoms. The Morgan fingerprint density at radius 1 is 1.21 bits per heavy atom. The van der Waals surface area contributed by atoms with Crippen LogP contribution < -0.4 is 15.0 Å². The Hall–Kier alpha value is -3.46. The molecule has 1 amide bonds.